The summed E-state index contributed by atoms with van der Waals surface area (Å²) in [6.45, 7) is 3.19. The highest BCUT2D eigenvalue weighted by atomic mass is 16.5. The Morgan fingerprint density at radius 1 is 1.36 bits per heavy atom. The zero-order valence-electron chi connectivity index (χ0n) is 15.8. The van der Waals surface area contributed by atoms with Crippen molar-refractivity contribution in [2.45, 2.75) is 19.8 Å². The minimum atomic E-state index is -0.647. The van der Waals surface area contributed by atoms with Crippen LogP contribution in [-0.2, 0) is 4.79 Å². The van der Waals surface area contributed by atoms with E-state index >= 15 is 0 Å². The number of H-pyrrole nitrogens is 1. The van der Waals surface area contributed by atoms with Gasteiger partial charge in [0, 0.05) is 17.2 Å². The Hall–Kier alpha value is -3.33. The molecule has 0 bridgehead atoms. The van der Waals surface area contributed by atoms with Gasteiger partial charge < -0.3 is 25.6 Å². The van der Waals surface area contributed by atoms with Crippen molar-refractivity contribution in [3.63, 3.8) is 0 Å². The maximum absolute atomic E-state index is 12.7. The number of methoxy groups -OCH3 is 1. The molecule has 0 radical (unpaired) electrons. The third-order valence-corrected chi connectivity index (χ3v) is 4.51. The third kappa shape index (κ3) is 3.44. The van der Waals surface area contributed by atoms with Gasteiger partial charge in [-0.2, -0.15) is 4.98 Å². The van der Waals surface area contributed by atoms with E-state index in [1.165, 1.54) is 14.0 Å². The first-order valence-corrected chi connectivity index (χ1v) is 8.67. The van der Waals surface area contributed by atoms with Gasteiger partial charge in [-0.1, -0.05) is 6.07 Å². The van der Waals surface area contributed by atoms with Gasteiger partial charge in [-0.3, -0.25) is 14.6 Å². The molecule has 3 rings (SSSR count). The number of aliphatic hydroxyl groups is 1. The second kappa shape index (κ2) is 7.73. The zero-order chi connectivity index (χ0) is 20.4. The number of fused-ring (bicyclic) bond motifs is 1. The first-order valence-electron chi connectivity index (χ1n) is 8.67. The number of hydrogen-bond donors (Lipinski definition) is 4. The van der Waals surface area contributed by atoms with Crippen LogP contribution in [0.15, 0.2) is 34.3 Å². The number of aromatic nitrogens is 2. The molecular formula is C19H22N4O5. The SMILES string of the molecule is COc1cc(C2C(C(C)=O)=C(C)Nc3nc(N)[nH]c(=O)c32)ccc1OCCO. The molecule has 0 fully saturated rings. The summed E-state index contributed by atoms with van der Waals surface area (Å²) >= 11 is 0. The summed E-state index contributed by atoms with van der Waals surface area (Å²) in [6, 6.07) is 5.14. The molecule has 0 saturated carbocycles. The summed E-state index contributed by atoms with van der Waals surface area (Å²) < 4.78 is 10.8. The smallest absolute Gasteiger partial charge is 0.258 e. The minimum absolute atomic E-state index is 0.0144. The molecule has 1 atom stereocenters. The van der Waals surface area contributed by atoms with Gasteiger partial charge in [0.25, 0.3) is 5.56 Å². The molecule has 1 aromatic carbocycles. The molecule has 0 spiro atoms. The highest BCUT2D eigenvalue weighted by Crippen LogP contribution is 2.42. The van der Waals surface area contributed by atoms with E-state index < -0.39 is 11.5 Å². The Kier molecular flexibility index (Phi) is 5.36. The van der Waals surface area contributed by atoms with Crippen molar-refractivity contribution in [3.8, 4) is 11.5 Å². The number of aliphatic hydroxyl groups excluding tert-OH is 1. The fourth-order valence-electron chi connectivity index (χ4n) is 3.41. The second-order valence-corrected chi connectivity index (χ2v) is 6.35. The van der Waals surface area contributed by atoms with Crippen molar-refractivity contribution in [1.82, 2.24) is 9.97 Å². The number of nitrogen functional groups attached to an aromatic ring is 1. The molecule has 1 aliphatic heterocycles. The van der Waals surface area contributed by atoms with Gasteiger partial charge in [-0.05, 0) is 31.5 Å². The summed E-state index contributed by atoms with van der Waals surface area (Å²) in [5, 5.41) is 12.0. The number of anilines is 2. The van der Waals surface area contributed by atoms with Crippen LogP contribution >= 0.6 is 0 Å². The number of aromatic amines is 1. The van der Waals surface area contributed by atoms with Gasteiger partial charge in [0.15, 0.2) is 17.3 Å². The third-order valence-electron chi connectivity index (χ3n) is 4.51. The molecule has 9 heteroatoms. The molecule has 9 nitrogen and oxygen atoms in total. The van der Waals surface area contributed by atoms with Crippen molar-refractivity contribution in [2.24, 2.45) is 0 Å². The van der Waals surface area contributed by atoms with Crippen LogP contribution in [0, 0.1) is 0 Å². The van der Waals surface area contributed by atoms with Crippen molar-refractivity contribution in [1.29, 1.82) is 0 Å². The molecule has 148 valence electrons. The average molecular weight is 386 g/mol. The highest BCUT2D eigenvalue weighted by molar-refractivity contribution is 5.98. The van der Waals surface area contributed by atoms with E-state index in [-0.39, 0.29) is 24.9 Å². The summed E-state index contributed by atoms with van der Waals surface area (Å²) in [6.07, 6.45) is 0. The van der Waals surface area contributed by atoms with E-state index in [4.69, 9.17) is 20.3 Å². The summed E-state index contributed by atoms with van der Waals surface area (Å²) in [5.74, 6) is 0.353. The van der Waals surface area contributed by atoms with Gasteiger partial charge >= 0.3 is 0 Å². The van der Waals surface area contributed by atoms with Crippen molar-refractivity contribution in [2.75, 3.05) is 31.4 Å². The van der Waals surface area contributed by atoms with Gasteiger partial charge in [0.2, 0.25) is 5.95 Å². The topological polar surface area (TPSA) is 140 Å². The first kappa shape index (κ1) is 19.4. The van der Waals surface area contributed by atoms with Crippen molar-refractivity contribution in [3.05, 3.63) is 50.9 Å². The highest BCUT2D eigenvalue weighted by Gasteiger charge is 2.34. The van der Waals surface area contributed by atoms with Crippen LogP contribution in [0.25, 0.3) is 0 Å². The zero-order valence-corrected chi connectivity index (χ0v) is 15.8. The Morgan fingerprint density at radius 2 is 2.11 bits per heavy atom. The van der Waals surface area contributed by atoms with Crippen LogP contribution in [0.3, 0.4) is 0 Å². The van der Waals surface area contributed by atoms with Gasteiger partial charge in [0.1, 0.15) is 12.4 Å². The number of nitrogens with two attached hydrogens (primary N) is 1. The number of carbonyl (C=O) groups is 1. The van der Waals surface area contributed by atoms with Crippen molar-refractivity contribution < 1.29 is 19.4 Å². The largest absolute Gasteiger partial charge is 0.493 e. The molecule has 1 unspecified atom stereocenters. The number of Topliss-reactive ketones (excluding diaryl/α,β-unsaturated/α-hetero) is 1. The quantitative estimate of drug-likeness (QED) is 0.580. The lowest BCUT2D eigenvalue weighted by Gasteiger charge is -2.29. The van der Waals surface area contributed by atoms with E-state index in [2.05, 4.69) is 15.3 Å². The van der Waals surface area contributed by atoms with E-state index in [1.807, 2.05) is 0 Å². The molecule has 28 heavy (non-hydrogen) atoms. The van der Waals surface area contributed by atoms with Crippen LogP contribution in [-0.4, -0.2) is 41.2 Å². The van der Waals surface area contributed by atoms with Gasteiger partial charge in [-0.25, -0.2) is 0 Å². The van der Waals surface area contributed by atoms with Crippen LogP contribution in [0.2, 0.25) is 0 Å². The number of nitrogens with one attached hydrogen (secondary N) is 2. The van der Waals surface area contributed by atoms with Gasteiger partial charge in [-0.15, -0.1) is 0 Å². The molecular weight excluding hydrogens is 364 g/mol. The Balaban J connectivity index is 2.21. The molecule has 0 saturated heterocycles. The van der Waals surface area contributed by atoms with Crippen molar-refractivity contribution >= 4 is 17.5 Å². The monoisotopic (exact) mass is 386 g/mol. The van der Waals surface area contributed by atoms with Crippen LogP contribution in [0.5, 0.6) is 11.5 Å². The predicted octanol–water partition coefficient (Wildman–Crippen LogP) is 1.15. The molecule has 5 N–H and O–H groups in total. The minimum Gasteiger partial charge on any atom is -0.493 e. The number of nitrogens with zero attached hydrogens (tertiary/aromatic N) is 1. The maximum Gasteiger partial charge on any atom is 0.258 e. The number of carbonyl (C=O) groups excluding carboxylic acids is 1. The van der Waals surface area contributed by atoms with Crippen LogP contribution in [0.1, 0.15) is 30.9 Å². The molecule has 0 aliphatic carbocycles. The second-order valence-electron chi connectivity index (χ2n) is 6.35. The molecule has 2 aromatic rings. The molecule has 0 amide bonds. The Morgan fingerprint density at radius 3 is 2.75 bits per heavy atom. The molecule has 1 aliphatic rings. The lowest BCUT2D eigenvalue weighted by atomic mass is 9.80. The fourth-order valence-corrected chi connectivity index (χ4v) is 3.41. The number of ketones is 1. The number of allylic oxidation sites excluding steroid dienone is 2. The maximum atomic E-state index is 12.7. The molecule has 2 heterocycles. The number of hydrogen-bond acceptors (Lipinski definition) is 8. The number of benzene rings is 1. The number of ether oxygens (including phenoxy) is 2. The van der Waals surface area contributed by atoms with E-state index in [0.29, 0.717) is 39.7 Å². The normalized spacial score (nSPS) is 15.6. The predicted molar refractivity (Wildman–Crippen MR) is 104 cm³/mol. The standard InChI is InChI=1S/C19H22N4O5/c1-9-14(10(2)25)15(16-17(21-9)22-19(20)23-18(16)26)11-4-5-12(28-7-6-24)13(8-11)27-3/h4-5,8,15,24H,6-7H2,1-3H3,(H4,20,21,22,23,26). The van der Waals surface area contributed by atoms with Gasteiger partial charge in [0.05, 0.1) is 19.3 Å². The summed E-state index contributed by atoms with van der Waals surface area (Å²) in [5.41, 5.74) is 7.27. The Bertz CT molecular complexity index is 1010. The fraction of sp³-hybridized carbons (Fsp3) is 0.316. The van der Waals surface area contributed by atoms with Crippen LogP contribution in [0.4, 0.5) is 11.8 Å². The van der Waals surface area contributed by atoms with Crippen LogP contribution < -0.4 is 26.1 Å². The lowest BCUT2D eigenvalue weighted by Crippen LogP contribution is -2.30. The summed E-state index contributed by atoms with van der Waals surface area (Å²) in [7, 11) is 1.49. The lowest BCUT2D eigenvalue weighted by molar-refractivity contribution is -0.113. The Labute approximate surface area is 161 Å². The van der Waals surface area contributed by atoms with E-state index in [0.717, 1.165) is 0 Å². The number of rotatable bonds is 6. The average Bonchev–Trinajstić information content (AvgIpc) is 2.64. The summed E-state index contributed by atoms with van der Waals surface area (Å²) in [4.78, 5) is 31.7. The van der Waals surface area contributed by atoms with E-state index in [9.17, 15) is 9.59 Å². The first-order chi connectivity index (χ1) is 13.4. The van der Waals surface area contributed by atoms with E-state index in [1.54, 1.807) is 25.1 Å². The molecule has 1 aromatic heterocycles.